The number of methoxy groups -OCH3 is 1. The molecule has 0 unspecified atom stereocenters. The van der Waals surface area contributed by atoms with E-state index in [0.717, 1.165) is 9.80 Å². The zero-order chi connectivity index (χ0) is 19.8. The van der Waals surface area contributed by atoms with Crippen LogP contribution in [0.4, 0.5) is 4.79 Å². The number of nitrogens with zero attached hydrogens (tertiary/aromatic N) is 3. The van der Waals surface area contributed by atoms with Gasteiger partial charge in [-0.05, 0) is 24.6 Å². The van der Waals surface area contributed by atoms with Crippen molar-refractivity contribution in [3.8, 4) is 5.75 Å². The monoisotopic (exact) mass is 363 g/mol. The summed E-state index contributed by atoms with van der Waals surface area (Å²) >= 11 is 0. The summed E-state index contributed by atoms with van der Waals surface area (Å²) < 4.78 is 5.09. The van der Waals surface area contributed by atoms with E-state index in [9.17, 15) is 24.5 Å². The van der Waals surface area contributed by atoms with Crippen LogP contribution in [-0.2, 0) is 9.59 Å². The van der Waals surface area contributed by atoms with Crippen molar-refractivity contribution >= 4 is 17.8 Å². The zero-order valence-electron chi connectivity index (χ0n) is 15.3. The Bertz CT molecular complexity index is 736. The maximum atomic E-state index is 12.9. The van der Waals surface area contributed by atoms with Crippen molar-refractivity contribution in [2.45, 2.75) is 25.8 Å². The van der Waals surface area contributed by atoms with Gasteiger partial charge < -0.3 is 4.74 Å². The van der Waals surface area contributed by atoms with E-state index < -0.39 is 40.1 Å². The van der Waals surface area contributed by atoms with E-state index >= 15 is 0 Å². The molecule has 0 radical (unpaired) electrons. The fourth-order valence-corrected chi connectivity index (χ4v) is 3.48. The number of carbonyl (C=O) groups is 3. The second-order valence-corrected chi connectivity index (χ2v) is 6.49. The third kappa shape index (κ3) is 2.79. The van der Waals surface area contributed by atoms with Crippen molar-refractivity contribution < 1.29 is 24.0 Å². The second kappa shape index (κ2) is 6.74. The van der Waals surface area contributed by atoms with Gasteiger partial charge in [0.1, 0.15) is 11.2 Å². The van der Waals surface area contributed by atoms with Gasteiger partial charge in [-0.3, -0.25) is 29.5 Å². The van der Waals surface area contributed by atoms with Gasteiger partial charge in [0.15, 0.2) is 0 Å². The van der Waals surface area contributed by atoms with Crippen LogP contribution in [0.5, 0.6) is 5.75 Å². The molecule has 0 spiro atoms. The molecular weight excluding hydrogens is 342 g/mol. The molecule has 0 aliphatic carbocycles. The summed E-state index contributed by atoms with van der Waals surface area (Å²) in [7, 11) is 4.00. The third-order valence-electron chi connectivity index (χ3n) is 4.98. The molecule has 26 heavy (non-hydrogen) atoms. The molecule has 0 N–H and O–H groups in total. The van der Waals surface area contributed by atoms with Gasteiger partial charge in [0, 0.05) is 25.9 Å². The largest absolute Gasteiger partial charge is 0.497 e. The van der Waals surface area contributed by atoms with Gasteiger partial charge in [0.25, 0.3) is 0 Å². The predicted molar refractivity (Wildman–Crippen MR) is 91.2 cm³/mol. The highest BCUT2D eigenvalue weighted by molar-refractivity contribution is 6.19. The van der Waals surface area contributed by atoms with E-state index in [1.807, 2.05) is 0 Å². The maximum Gasteiger partial charge on any atom is 0.332 e. The fraction of sp³-hybridized carbons (Fsp3) is 0.471. The van der Waals surface area contributed by atoms with E-state index in [1.165, 1.54) is 35.1 Å². The molecule has 4 amide bonds. The van der Waals surface area contributed by atoms with Gasteiger partial charge in [-0.15, -0.1) is 0 Å². The highest BCUT2D eigenvalue weighted by Crippen LogP contribution is 2.44. The van der Waals surface area contributed by atoms with Gasteiger partial charge in [0.05, 0.1) is 13.0 Å². The Balaban J connectivity index is 2.66. The Morgan fingerprint density at radius 3 is 1.92 bits per heavy atom. The highest BCUT2D eigenvalue weighted by atomic mass is 16.6. The van der Waals surface area contributed by atoms with Gasteiger partial charge in [0.2, 0.25) is 17.9 Å². The van der Waals surface area contributed by atoms with Crippen LogP contribution < -0.4 is 4.74 Å². The molecule has 1 saturated heterocycles. The number of hydrogen-bond acceptors (Lipinski definition) is 6. The van der Waals surface area contributed by atoms with E-state index in [2.05, 4.69) is 0 Å². The van der Waals surface area contributed by atoms with Crippen LogP contribution in [-0.4, -0.2) is 59.8 Å². The molecule has 2 atom stereocenters. The standard InChI is InChI=1S/C17H21N3O6/c1-10(20(24)25)13(11-6-8-12(26-5)9-7-11)17(2)14(21)18(3)16(23)19(4)15(17)22/h6-10,13H,1-5H3/t10-,13-/m1/s1. The summed E-state index contributed by atoms with van der Waals surface area (Å²) in [5.41, 5.74) is -1.35. The van der Waals surface area contributed by atoms with E-state index in [4.69, 9.17) is 4.74 Å². The number of benzene rings is 1. The normalized spacial score (nSPS) is 19.3. The minimum Gasteiger partial charge on any atom is -0.497 e. The van der Waals surface area contributed by atoms with Crippen LogP contribution in [0.2, 0.25) is 0 Å². The number of rotatable bonds is 5. The molecule has 1 aliphatic rings. The van der Waals surface area contributed by atoms with Crippen LogP contribution in [0.15, 0.2) is 24.3 Å². The lowest BCUT2D eigenvalue weighted by atomic mass is 9.67. The number of imide groups is 2. The van der Waals surface area contributed by atoms with Crippen molar-refractivity contribution in [3.05, 3.63) is 39.9 Å². The molecule has 0 aromatic heterocycles. The molecule has 1 heterocycles. The Kier molecular flexibility index (Phi) is 5.02. The summed E-state index contributed by atoms with van der Waals surface area (Å²) in [5, 5.41) is 11.5. The van der Waals surface area contributed by atoms with Crippen molar-refractivity contribution in [1.29, 1.82) is 0 Å². The SMILES string of the molecule is COc1ccc([C@@H]([C@@H](C)[N+](=O)[O-])C2(C)C(=O)N(C)C(=O)N(C)C2=O)cc1. The second-order valence-electron chi connectivity index (χ2n) is 6.49. The summed E-state index contributed by atoms with van der Waals surface area (Å²) in [5.74, 6) is -2.06. The molecular formula is C17H21N3O6. The number of nitro groups is 1. The first kappa shape index (κ1) is 19.4. The molecule has 2 rings (SSSR count). The summed E-state index contributed by atoms with van der Waals surface area (Å²) in [4.78, 5) is 50.5. The molecule has 0 bridgehead atoms. The number of amides is 4. The quantitative estimate of drug-likeness (QED) is 0.445. The van der Waals surface area contributed by atoms with Crippen LogP contribution in [0, 0.1) is 15.5 Å². The van der Waals surface area contributed by atoms with Gasteiger partial charge in [-0.1, -0.05) is 12.1 Å². The average molecular weight is 363 g/mol. The number of urea groups is 1. The highest BCUT2D eigenvalue weighted by Gasteiger charge is 2.60. The Morgan fingerprint density at radius 1 is 1.08 bits per heavy atom. The van der Waals surface area contributed by atoms with Gasteiger partial charge in [-0.25, -0.2) is 4.79 Å². The summed E-state index contributed by atoms with van der Waals surface area (Å²) in [6, 6.07) is 4.39. The topological polar surface area (TPSA) is 110 Å². The van der Waals surface area contributed by atoms with E-state index in [1.54, 1.807) is 24.3 Å². The third-order valence-corrected chi connectivity index (χ3v) is 4.98. The first-order valence-corrected chi connectivity index (χ1v) is 7.95. The molecule has 9 nitrogen and oxygen atoms in total. The van der Waals surface area contributed by atoms with Crippen LogP contribution >= 0.6 is 0 Å². The van der Waals surface area contributed by atoms with Crippen LogP contribution in [0.25, 0.3) is 0 Å². The smallest absolute Gasteiger partial charge is 0.332 e. The zero-order valence-corrected chi connectivity index (χ0v) is 15.3. The van der Waals surface area contributed by atoms with Crippen molar-refractivity contribution in [3.63, 3.8) is 0 Å². The molecule has 1 aromatic rings. The molecule has 140 valence electrons. The minimum atomic E-state index is -1.79. The lowest BCUT2D eigenvalue weighted by molar-refractivity contribution is -0.524. The number of barbiturate groups is 1. The predicted octanol–water partition coefficient (Wildman–Crippen LogP) is 1.50. The minimum absolute atomic E-state index is 0.440. The van der Waals surface area contributed by atoms with Gasteiger partial charge in [-0.2, -0.15) is 0 Å². The number of hydrogen-bond donors (Lipinski definition) is 0. The van der Waals surface area contributed by atoms with Crippen molar-refractivity contribution in [1.82, 2.24) is 9.80 Å². The lowest BCUT2D eigenvalue weighted by Crippen LogP contribution is -2.65. The average Bonchev–Trinajstić information content (AvgIpc) is 2.64. The first-order valence-electron chi connectivity index (χ1n) is 7.95. The maximum absolute atomic E-state index is 12.9. The molecule has 9 heteroatoms. The van der Waals surface area contributed by atoms with Gasteiger partial charge >= 0.3 is 6.03 Å². The Labute approximate surface area is 150 Å². The van der Waals surface area contributed by atoms with Crippen molar-refractivity contribution in [2.24, 2.45) is 5.41 Å². The summed E-state index contributed by atoms with van der Waals surface area (Å²) in [6.45, 7) is 2.70. The van der Waals surface area contributed by atoms with Crippen LogP contribution in [0.1, 0.15) is 25.3 Å². The Hall–Kier alpha value is -2.97. The number of ether oxygens (including phenoxy) is 1. The van der Waals surface area contributed by atoms with E-state index in [0.29, 0.717) is 11.3 Å². The lowest BCUT2D eigenvalue weighted by Gasteiger charge is -2.43. The molecule has 1 fully saturated rings. The van der Waals surface area contributed by atoms with E-state index in [-0.39, 0.29) is 0 Å². The Morgan fingerprint density at radius 2 is 1.54 bits per heavy atom. The summed E-state index contributed by atoms with van der Waals surface area (Å²) in [6.07, 6.45) is 0. The van der Waals surface area contributed by atoms with Crippen molar-refractivity contribution in [2.75, 3.05) is 21.2 Å². The number of carbonyl (C=O) groups excluding carboxylic acids is 3. The molecule has 1 aromatic carbocycles. The fourth-order valence-electron chi connectivity index (χ4n) is 3.48. The molecule has 1 aliphatic heterocycles. The molecule has 0 saturated carbocycles. The first-order chi connectivity index (χ1) is 12.1. The van der Waals surface area contributed by atoms with Crippen LogP contribution in [0.3, 0.4) is 0 Å².